The largest absolute Gasteiger partial charge is 0.350 e. The van der Waals surface area contributed by atoms with Gasteiger partial charge in [0.1, 0.15) is 5.69 Å². The molecule has 1 saturated heterocycles. The number of piperazine rings is 1. The maximum Gasteiger partial charge on any atom is 0.292 e. The molecule has 0 aliphatic carbocycles. The number of amides is 1. The van der Waals surface area contributed by atoms with Crippen molar-refractivity contribution in [1.82, 2.24) is 15.4 Å². The van der Waals surface area contributed by atoms with Crippen LogP contribution in [0.5, 0.6) is 0 Å². The number of nitrogens with zero attached hydrogens (tertiary/aromatic N) is 2. The molecule has 2 heterocycles. The summed E-state index contributed by atoms with van der Waals surface area (Å²) >= 11 is 0. The lowest BCUT2D eigenvalue weighted by Gasteiger charge is -2.37. The van der Waals surface area contributed by atoms with Crippen molar-refractivity contribution in [3.05, 3.63) is 41.7 Å². The van der Waals surface area contributed by atoms with Crippen molar-refractivity contribution in [2.24, 2.45) is 0 Å². The number of aromatic nitrogens is 1. The van der Waals surface area contributed by atoms with E-state index in [1.807, 2.05) is 43.0 Å². The highest BCUT2D eigenvalue weighted by atomic mass is 35.5. The van der Waals surface area contributed by atoms with Crippen LogP contribution in [-0.2, 0) is 0 Å². The number of halogens is 1. The summed E-state index contributed by atoms with van der Waals surface area (Å²) in [4.78, 5) is 14.5. The first kappa shape index (κ1) is 17.5. The van der Waals surface area contributed by atoms with Crippen molar-refractivity contribution in [3.63, 3.8) is 0 Å². The highest BCUT2D eigenvalue weighted by Crippen LogP contribution is 2.21. The summed E-state index contributed by atoms with van der Waals surface area (Å²) in [6.07, 6.45) is 0. The first-order valence-electron chi connectivity index (χ1n) is 7.64. The molecule has 23 heavy (non-hydrogen) atoms. The topological polar surface area (TPSA) is 58.4 Å². The van der Waals surface area contributed by atoms with Gasteiger partial charge in [-0.3, -0.25) is 4.79 Å². The zero-order valence-electron chi connectivity index (χ0n) is 13.6. The van der Waals surface area contributed by atoms with Crippen molar-refractivity contribution in [2.75, 3.05) is 13.1 Å². The Balaban J connectivity index is 0.00000192. The lowest BCUT2D eigenvalue weighted by molar-refractivity contribution is 0.0561. The van der Waals surface area contributed by atoms with Crippen molar-refractivity contribution >= 4 is 18.3 Å². The predicted octanol–water partition coefficient (Wildman–Crippen LogP) is 2.89. The summed E-state index contributed by atoms with van der Waals surface area (Å²) in [5, 5.41) is 7.40. The van der Waals surface area contributed by atoms with Gasteiger partial charge in [-0.1, -0.05) is 35.0 Å². The van der Waals surface area contributed by atoms with Gasteiger partial charge in [0.15, 0.2) is 0 Å². The standard InChI is InChI=1S/C17H21N3O2.ClH/c1-11-4-6-14(7-5-11)15-10-16(22-19-15)17(21)20-9-8-18-12(2)13(20)3;/h4-7,10,12-13,18H,8-9H2,1-3H3;1H. The Kier molecular flexibility index (Phi) is 5.44. The van der Waals surface area contributed by atoms with E-state index in [1.165, 1.54) is 5.56 Å². The van der Waals surface area contributed by atoms with Gasteiger partial charge in [0.2, 0.25) is 5.76 Å². The molecule has 3 rings (SSSR count). The van der Waals surface area contributed by atoms with Gasteiger partial charge in [-0.15, -0.1) is 12.4 Å². The Labute approximate surface area is 142 Å². The first-order chi connectivity index (χ1) is 10.6. The Hall–Kier alpha value is -1.85. The molecule has 1 aliphatic rings. The van der Waals surface area contributed by atoms with Crippen molar-refractivity contribution in [1.29, 1.82) is 0 Å². The number of hydrogen-bond donors (Lipinski definition) is 1. The van der Waals surface area contributed by atoms with E-state index < -0.39 is 0 Å². The number of aryl methyl sites for hydroxylation is 1. The summed E-state index contributed by atoms with van der Waals surface area (Å²) in [6.45, 7) is 7.66. The second kappa shape index (κ2) is 7.15. The van der Waals surface area contributed by atoms with Crippen LogP contribution in [0.15, 0.2) is 34.9 Å². The second-order valence-corrected chi connectivity index (χ2v) is 5.92. The zero-order chi connectivity index (χ0) is 15.7. The van der Waals surface area contributed by atoms with Gasteiger partial charge in [0, 0.05) is 36.8 Å². The maximum absolute atomic E-state index is 12.6. The molecule has 2 unspecified atom stereocenters. The van der Waals surface area contributed by atoms with Gasteiger partial charge in [-0.05, 0) is 20.8 Å². The fourth-order valence-corrected chi connectivity index (χ4v) is 2.72. The molecule has 0 radical (unpaired) electrons. The second-order valence-electron chi connectivity index (χ2n) is 5.92. The molecule has 124 valence electrons. The predicted molar refractivity (Wildman–Crippen MR) is 91.9 cm³/mol. The minimum atomic E-state index is -0.0910. The van der Waals surface area contributed by atoms with E-state index in [0.29, 0.717) is 18.0 Å². The first-order valence-corrected chi connectivity index (χ1v) is 7.64. The van der Waals surface area contributed by atoms with E-state index in [2.05, 4.69) is 17.4 Å². The molecule has 2 atom stereocenters. The Morgan fingerprint density at radius 1 is 1.30 bits per heavy atom. The van der Waals surface area contributed by atoms with Gasteiger partial charge in [-0.2, -0.15) is 0 Å². The summed E-state index contributed by atoms with van der Waals surface area (Å²) in [7, 11) is 0. The molecule has 5 nitrogen and oxygen atoms in total. The van der Waals surface area contributed by atoms with E-state index >= 15 is 0 Å². The zero-order valence-corrected chi connectivity index (χ0v) is 14.4. The molecule has 1 fully saturated rings. The van der Waals surface area contributed by atoms with Gasteiger partial charge in [-0.25, -0.2) is 0 Å². The highest BCUT2D eigenvalue weighted by molar-refractivity contribution is 5.92. The lowest BCUT2D eigenvalue weighted by atomic mass is 10.1. The average Bonchev–Trinajstić information content (AvgIpc) is 3.00. The van der Waals surface area contributed by atoms with E-state index in [9.17, 15) is 4.79 Å². The van der Waals surface area contributed by atoms with Crippen LogP contribution >= 0.6 is 12.4 Å². The van der Waals surface area contributed by atoms with Gasteiger partial charge in [0.05, 0.1) is 0 Å². The third-order valence-corrected chi connectivity index (χ3v) is 4.36. The van der Waals surface area contributed by atoms with Crippen LogP contribution in [-0.4, -0.2) is 41.1 Å². The molecular weight excluding hydrogens is 314 g/mol. The summed E-state index contributed by atoms with van der Waals surface area (Å²) in [5.74, 6) is 0.211. The van der Waals surface area contributed by atoms with Crippen LogP contribution in [0.1, 0.15) is 30.0 Å². The van der Waals surface area contributed by atoms with Crippen LogP contribution in [0.2, 0.25) is 0 Å². The van der Waals surface area contributed by atoms with E-state index in [4.69, 9.17) is 4.52 Å². The Morgan fingerprint density at radius 2 is 2.00 bits per heavy atom. The average molecular weight is 336 g/mol. The SMILES string of the molecule is Cc1ccc(-c2cc(C(=O)N3CCNC(C)C3C)on2)cc1.Cl. The van der Waals surface area contributed by atoms with Crippen molar-refractivity contribution < 1.29 is 9.32 Å². The van der Waals surface area contributed by atoms with Crippen molar-refractivity contribution in [2.45, 2.75) is 32.9 Å². The van der Waals surface area contributed by atoms with Gasteiger partial charge >= 0.3 is 0 Å². The molecule has 1 aliphatic heterocycles. The monoisotopic (exact) mass is 335 g/mol. The van der Waals surface area contributed by atoms with Crippen LogP contribution in [0.4, 0.5) is 0 Å². The third kappa shape index (κ3) is 3.57. The van der Waals surface area contributed by atoms with Crippen LogP contribution < -0.4 is 5.32 Å². The molecule has 1 aromatic heterocycles. The summed E-state index contributed by atoms with van der Waals surface area (Å²) in [5.41, 5.74) is 2.83. The molecule has 6 heteroatoms. The fraction of sp³-hybridized carbons (Fsp3) is 0.412. The molecule has 0 bridgehead atoms. The number of carbonyl (C=O) groups is 1. The molecule has 2 aromatic rings. The van der Waals surface area contributed by atoms with E-state index in [0.717, 1.165) is 12.1 Å². The molecular formula is C17H22ClN3O2. The third-order valence-electron chi connectivity index (χ3n) is 4.36. The summed E-state index contributed by atoms with van der Waals surface area (Å²) < 4.78 is 5.29. The van der Waals surface area contributed by atoms with Crippen LogP contribution in [0, 0.1) is 6.92 Å². The minimum absolute atomic E-state index is 0. The Morgan fingerprint density at radius 3 is 2.70 bits per heavy atom. The minimum Gasteiger partial charge on any atom is -0.350 e. The van der Waals surface area contributed by atoms with Crippen LogP contribution in [0.25, 0.3) is 11.3 Å². The number of rotatable bonds is 2. The molecule has 1 N–H and O–H groups in total. The summed E-state index contributed by atoms with van der Waals surface area (Å²) in [6, 6.07) is 10.1. The number of benzene rings is 1. The van der Waals surface area contributed by atoms with Crippen LogP contribution in [0.3, 0.4) is 0 Å². The quantitative estimate of drug-likeness (QED) is 0.916. The number of carbonyl (C=O) groups excluding carboxylic acids is 1. The number of nitrogens with one attached hydrogen (secondary N) is 1. The smallest absolute Gasteiger partial charge is 0.292 e. The number of hydrogen-bond acceptors (Lipinski definition) is 4. The molecule has 1 amide bonds. The van der Waals surface area contributed by atoms with E-state index in [-0.39, 0.29) is 30.4 Å². The van der Waals surface area contributed by atoms with Gasteiger partial charge in [0.25, 0.3) is 5.91 Å². The Bertz CT molecular complexity index is 669. The van der Waals surface area contributed by atoms with Gasteiger partial charge < -0.3 is 14.7 Å². The normalized spacial score (nSPS) is 20.9. The molecule has 0 saturated carbocycles. The highest BCUT2D eigenvalue weighted by Gasteiger charge is 2.30. The lowest BCUT2D eigenvalue weighted by Crippen LogP contribution is -2.57. The maximum atomic E-state index is 12.6. The van der Waals surface area contributed by atoms with Crippen molar-refractivity contribution in [3.8, 4) is 11.3 Å². The molecule has 0 spiro atoms. The van der Waals surface area contributed by atoms with E-state index in [1.54, 1.807) is 6.07 Å². The fourth-order valence-electron chi connectivity index (χ4n) is 2.72. The molecule has 1 aromatic carbocycles.